The summed E-state index contributed by atoms with van der Waals surface area (Å²) in [6.07, 6.45) is 1.48. The Morgan fingerprint density at radius 2 is 1.66 bits per heavy atom. The average molecular weight is 607 g/mol. The molecule has 44 heavy (non-hydrogen) atoms. The van der Waals surface area contributed by atoms with E-state index < -0.39 is 54.5 Å². The quantitative estimate of drug-likeness (QED) is 0.264. The SMILES string of the molecule is COc1cc2nccc(Oc3ccc(NC(=O)C4CN(CC(=O)O)C(=O)N(c5ccc(F)cc5)C4=O)cc3F)c2cc1OC. The number of hydrogen-bond acceptors (Lipinski definition) is 8. The Morgan fingerprint density at radius 1 is 0.955 bits per heavy atom. The molecule has 2 N–H and O–H groups in total. The molecule has 1 aliphatic heterocycles. The Bertz CT molecular complexity index is 1780. The van der Waals surface area contributed by atoms with Gasteiger partial charge in [-0.25, -0.2) is 18.5 Å². The average Bonchev–Trinajstić information content (AvgIpc) is 3.00. The minimum absolute atomic E-state index is 0.0336. The molecule has 5 rings (SSSR count). The van der Waals surface area contributed by atoms with Gasteiger partial charge in [-0.2, -0.15) is 0 Å². The molecule has 1 saturated heterocycles. The first-order valence-electron chi connectivity index (χ1n) is 13.0. The summed E-state index contributed by atoms with van der Waals surface area (Å²) in [6.45, 7) is -1.34. The van der Waals surface area contributed by atoms with Crippen molar-refractivity contribution < 1.29 is 47.3 Å². The highest BCUT2D eigenvalue weighted by molar-refractivity contribution is 6.23. The molecule has 0 radical (unpaired) electrons. The number of benzene rings is 3. The van der Waals surface area contributed by atoms with Crippen molar-refractivity contribution >= 4 is 46.1 Å². The number of carbonyl (C=O) groups is 4. The van der Waals surface area contributed by atoms with E-state index in [0.717, 1.165) is 35.2 Å². The summed E-state index contributed by atoms with van der Waals surface area (Å²) in [7, 11) is 2.95. The zero-order valence-electron chi connectivity index (χ0n) is 23.2. The number of pyridine rings is 1. The molecule has 2 heterocycles. The van der Waals surface area contributed by atoms with Gasteiger partial charge in [-0.3, -0.25) is 19.4 Å². The van der Waals surface area contributed by atoms with Gasteiger partial charge in [-0.05, 0) is 48.5 Å². The fraction of sp³-hybridized carbons (Fsp3) is 0.167. The van der Waals surface area contributed by atoms with Crippen molar-refractivity contribution in [3.8, 4) is 23.0 Å². The van der Waals surface area contributed by atoms with Crippen molar-refractivity contribution in [3.05, 3.63) is 78.5 Å². The number of carboxylic acid groups (broad SMARTS) is 1. The van der Waals surface area contributed by atoms with Crippen LogP contribution < -0.4 is 24.4 Å². The van der Waals surface area contributed by atoms with E-state index >= 15 is 4.39 Å². The predicted molar refractivity (Wildman–Crippen MR) is 152 cm³/mol. The number of halogens is 2. The van der Waals surface area contributed by atoms with Crippen molar-refractivity contribution in [1.82, 2.24) is 9.88 Å². The van der Waals surface area contributed by atoms with Gasteiger partial charge in [0.1, 0.15) is 24.0 Å². The second-order valence-corrected chi connectivity index (χ2v) is 9.53. The van der Waals surface area contributed by atoms with E-state index in [-0.39, 0.29) is 22.9 Å². The van der Waals surface area contributed by atoms with Gasteiger partial charge < -0.3 is 29.5 Å². The van der Waals surface area contributed by atoms with Crippen molar-refractivity contribution in [3.63, 3.8) is 0 Å². The molecule has 1 aliphatic rings. The molecule has 0 spiro atoms. The highest BCUT2D eigenvalue weighted by Crippen LogP contribution is 2.37. The molecule has 0 saturated carbocycles. The van der Waals surface area contributed by atoms with Crippen LogP contribution in [0, 0.1) is 17.6 Å². The number of anilines is 2. The van der Waals surface area contributed by atoms with Crippen LogP contribution in [0.5, 0.6) is 23.0 Å². The maximum absolute atomic E-state index is 15.2. The maximum Gasteiger partial charge on any atom is 0.331 e. The van der Waals surface area contributed by atoms with Crippen LogP contribution in [0.4, 0.5) is 25.0 Å². The summed E-state index contributed by atoms with van der Waals surface area (Å²) in [5.41, 5.74) is 0.418. The van der Waals surface area contributed by atoms with E-state index in [1.165, 1.54) is 38.6 Å². The molecule has 0 bridgehead atoms. The summed E-state index contributed by atoms with van der Waals surface area (Å²) >= 11 is 0. The van der Waals surface area contributed by atoms with Crippen molar-refractivity contribution in [2.24, 2.45) is 5.92 Å². The van der Waals surface area contributed by atoms with E-state index in [1.807, 2.05) is 0 Å². The van der Waals surface area contributed by atoms with Crippen LogP contribution in [0.25, 0.3) is 10.9 Å². The molecule has 226 valence electrons. The topological polar surface area (TPSA) is 148 Å². The molecule has 14 heteroatoms. The molecule has 12 nitrogen and oxygen atoms in total. The number of imide groups is 1. The minimum Gasteiger partial charge on any atom is -0.493 e. The molecular weight excluding hydrogens is 582 g/mol. The van der Waals surface area contributed by atoms with Crippen molar-refractivity contribution in [2.45, 2.75) is 0 Å². The lowest BCUT2D eigenvalue weighted by molar-refractivity contribution is -0.140. The number of nitrogens with one attached hydrogen (secondary N) is 1. The van der Waals surface area contributed by atoms with Gasteiger partial charge in [0.05, 0.1) is 25.4 Å². The zero-order valence-corrected chi connectivity index (χ0v) is 23.2. The van der Waals surface area contributed by atoms with Gasteiger partial charge in [0.25, 0.3) is 0 Å². The lowest BCUT2D eigenvalue weighted by Gasteiger charge is -2.37. The standard InChI is InChI=1S/C30H24F2N4O8/c1-42-25-12-19-22(13-26(25)43-2)33-10-9-23(19)44-24-8-5-17(11-21(24)32)34-28(39)20-14-35(15-27(37)38)30(41)36(29(20)40)18-6-3-16(31)4-7-18/h3-13,20H,14-15H2,1-2H3,(H,34,39)(H,37,38). The number of hydrogen-bond donors (Lipinski definition) is 2. The lowest BCUT2D eigenvalue weighted by atomic mass is 10.0. The Balaban J connectivity index is 1.37. The van der Waals surface area contributed by atoms with Gasteiger partial charge in [-0.15, -0.1) is 0 Å². The molecule has 1 atom stereocenters. The summed E-state index contributed by atoms with van der Waals surface area (Å²) in [5.74, 6) is -5.33. The van der Waals surface area contributed by atoms with Gasteiger partial charge >= 0.3 is 12.0 Å². The predicted octanol–water partition coefficient (Wildman–Crippen LogP) is 4.43. The first kappa shape index (κ1) is 29.7. The molecule has 0 aliphatic carbocycles. The number of ether oxygens (including phenoxy) is 3. The minimum atomic E-state index is -1.55. The first-order valence-corrected chi connectivity index (χ1v) is 13.0. The number of urea groups is 1. The third-order valence-electron chi connectivity index (χ3n) is 6.74. The maximum atomic E-state index is 15.2. The number of aromatic nitrogens is 1. The molecule has 1 fully saturated rings. The number of carbonyl (C=O) groups excluding carboxylic acids is 3. The third-order valence-corrected chi connectivity index (χ3v) is 6.74. The van der Waals surface area contributed by atoms with Crippen LogP contribution in [-0.4, -0.2) is 66.1 Å². The molecule has 4 amide bonds. The number of carboxylic acids is 1. The number of aliphatic carboxylic acids is 1. The van der Waals surface area contributed by atoms with Crippen molar-refractivity contribution in [1.29, 1.82) is 0 Å². The number of methoxy groups -OCH3 is 2. The van der Waals surface area contributed by atoms with Gasteiger partial charge in [0, 0.05) is 35.9 Å². The van der Waals surface area contributed by atoms with Gasteiger partial charge in [0.2, 0.25) is 11.8 Å². The van der Waals surface area contributed by atoms with Gasteiger partial charge in [-0.1, -0.05) is 0 Å². The summed E-state index contributed by atoms with van der Waals surface area (Å²) < 4.78 is 45.1. The Kier molecular flexibility index (Phi) is 8.24. The molecule has 4 aromatic rings. The van der Waals surface area contributed by atoms with E-state index in [9.17, 15) is 28.7 Å². The van der Waals surface area contributed by atoms with Crippen LogP contribution in [0.15, 0.2) is 66.9 Å². The highest BCUT2D eigenvalue weighted by Gasteiger charge is 2.44. The second-order valence-electron chi connectivity index (χ2n) is 9.53. The number of fused-ring (bicyclic) bond motifs is 1. The lowest BCUT2D eigenvalue weighted by Crippen LogP contribution is -2.60. The largest absolute Gasteiger partial charge is 0.493 e. The summed E-state index contributed by atoms with van der Waals surface area (Å²) in [4.78, 5) is 56.5. The summed E-state index contributed by atoms with van der Waals surface area (Å²) in [5, 5.41) is 12.2. The first-order chi connectivity index (χ1) is 21.1. The number of amides is 4. The fourth-order valence-corrected chi connectivity index (χ4v) is 4.63. The van der Waals surface area contributed by atoms with Crippen LogP contribution in [-0.2, 0) is 14.4 Å². The van der Waals surface area contributed by atoms with E-state index in [1.54, 1.807) is 12.1 Å². The van der Waals surface area contributed by atoms with E-state index in [2.05, 4.69) is 10.3 Å². The Hall–Kier alpha value is -5.79. The molecule has 1 unspecified atom stereocenters. The van der Waals surface area contributed by atoms with E-state index in [4.69, 9.17) is 14.2 Å². The Morgan fingerprint density at radius 3 is 2.32 bits per heavy atom. The van der Waals surface area contributed by atoms with Crippen LogP contribution in [0.1, 0.15) is 0 Å². The number of rotatable bonds is 9. The van der Waals surface area contributed by atoms with Crippen LogP contribution in [0.2, 0.25) is 0 Å². The van der Waals surface area contributed by atoms with E-state index in [0.29, 0.717) is 27.3 Å². The Labute approximate surface area is 248 Å². The summed E-state index contributed by atoms with van der Waals surface area (Å²) in [6, 6.07) is 11.7. The van der Waals surface area contributed by atoms with Crippen molar-refractivity contribution in [2.75, 3.05) is 37.5 Å². The zero-order chi connectivity index (χ0) is 31.5. The smallest absolute Gasteiger partial charge is 0.331 e. The van der Waals surface area contributed by atoms with Crippen LogP contribution >= 0.6 is 0 Å². The second kappa shape index (κ2) is 12.2. The van der Waals surface area contributed by atoms with Crippen LogP contribution in [0.3, 0.4) is 0 Å². The fourth-order valence-electron chi connectivity index (χ4n) is 4.63. The molecule has 3 aromatic carbocycles. The molecule has 1 aromatic heterocycles. The normalized spacial score (nSPS) is 14.9. The monoisotopic (exact) mass is 606 g/mol. The highest BCUT2D eigenvalue weighted by atomic mass is 19.1. The number of nitrogens with zero attached hydrogens (tertiary/aromatic N) is 3. The molecular formula is C30H24F2N4O8. The third kappa shape index (κ3) is 5.90. The van der Waals surface area contributed by atoms with Gasteiger partial charge in [0.15, 0.2) is 23.1 Å².